The highest BCUT2D eigenvalue weighted by atomic mass is 16.1. The number of aryl methyl sites for hydroxylation is 5. The van der Waals surface area contributed by atoms with Crippen LogP contribution in [0, 0.1) is 34.6 Å². The molecule has 0 aliphatic carbocycles. The molecule has 0 fully saturated rings. The smallest absolute Gasteiger partial charge is 0.243 e. The van der Waals surface area contributed by atoms with Gasteiger partial charge in [-0.15, -0.1) is 0 Å². The first kappa shape index (κ1) is 16.1. The standard InChI is InChI=1S/C19H24N2O/c1-12-9-15(4)18(16(5)10-12)20-11-17(22)21-19-13(2)7-6-8-14(19)3/h6-10,20H,11H2,1-5H3,(H,21,22). The van der Waals surface area contributed by atoms with Gasteiger partial charge in [0.05, 0.1) is 6.54 Å². The molecule has 0 aliphatic rings. The van der Waals surface area contributed by atoms with E-state index in [4.69, 9.17) is 0 Å². The summed E-state index contributed by atoms with van der Waals surface area (Å²) >= 11 is 0. The van der Waals surface area contributed by atoms with E-state index in [-0.39, 0.29) is 12.5 Å². The fourth-order valence-corrected chi connectivity index (χ4v) is 2.82. The van der Waals surface area contributed by atoms with Crippen molar-refractivity contribution in [3.8, 4) is 0 Å². The molecule has 0 bridgehead atoms. The molecule has 22 heavy (non-hydrogen) atoms. The zero-order valence-electron chi connectivity index (χ0n) is 14.0. The van der Waals surface area contributed by atoms with Crippen molar-refractivity contribution < 1.29 is 4.79 Å². The molecule has 2 N–H and O–H groups in total. The second kappa shape index (κ2) is 6.65. The Labute approximate surface area is 132 Å². The third kappa shape index (κ3) is 3.67. The lowest BCUT2D eigenvalue weighted by molar-refractivity contribution is -0.114. The number of anilines is 2. The minimum Gasteiger partial charge on any atom is -0.376 e. The Kier molecular flexibility index (Phi) is 4.86. The quantitative estimate of drug-likeness (QED) is 0.884. The van der Waals surface area contributed by atoms with Crippen LogP contribution >= 0.6 is 0 Å². The zero-order chi connectivity index (χ0) is 16.3. The number of benzene rings is 2. The van der Waals surface area contributed by atoms with Gasteiger partial charge in [0, 0.05) is 11.4 Å². The number of para-hydroxylation sites is 1. The Hall–Kier alpha value is -2.29. The van der Waals surface area contributed by atoms with E-state index in [1.165, 1.54) is 5.56 Å². The van der Waals surface area contributed by atoms with E-state index in [0.717, 1.165) is 33.6 Å². The number of hydrogen-bond donors (Lipinski definition) is 2. The fourth-order valence-electron chi connectivity index (χ4n) is 2.82. The van der Waals surface area contributed by atoms with E-state index in [2.05, 4.69) is 43.5 Å². The summed E-state index contributed by atoms with van der Waals surface area (Å²) in [6, 6.07) is 10.3. The average molecular weight is 296 g/mol. The van der Waals surface area contributed by atoms with Gasteiger partial charge in [-0.1, -0.05) is 35.9 Å². The first-order chi connectivity index (χ1) is 10.4. The normalized spacial score (nSPS) is 10.4. The minimum atomic E-state index is -0.0308. The molecule has 0 aliphatic heterocycles. The zero-order valence-corrected chi connectivity index (χ0v) is 14.0. The molecule has 1 amide bonds. The molecule has 3 heteroatoms. The highest BCUT2D eigenvalue weighted by molar-refractivity contribution is 5.95. The lowest BCUT2D eigenvalue weighted by Crippen LogP contribution is -2.23. The highest BCUT2D eigenvalue weighted by Crippen LogP contribution is 2.22. The van der Waals surface area contributed by atoms with Gasteiger partial charge in [0.2, 0.25) is 5.91 Å². The van der Waals surface area contributed by atoms with Crippen molar-refractivity contribution in [2.75, 3.05) is 17.2 Å². The maximum absolute atomic E-state index is 12.2. The largest absolute Gasteiger partial charge is 0.376 e. The van der Waals surface area contributed by atoms with Gasteiger partial charge in [0.15, 0.2) is 0 Å². The molecule has 2 aromatic rings. The number of hydrogen-bond acceptors (Lipinski definition) is 2. The summed E-state index contributed by atoms with van der Waals surface area (Å²) in [6.07, 6.45) is 0. The highest BCUT2D eigenvalue weighted by Gasteiger charge is 2.09. The molecular weight excluding hydrogens is 272 g/mol. The Morgan fingerprint density at radius 1 is 0.864 bits per heavy atom. The lowest BCUT2D eigenvalue weighted by Gasteiger charge is -2.15. The lowest BCUT2D eigenvalue weighted by atomic mass is 10.1. The van der Waals surface area contributed by atoms with E-state index < -0.39 is 0 Å². The Balaban J connectivity index is 2.05. The van der Waals surface area contributed by atoms with Crippen LogP contribution in [0.25, 0.3) is 0 Å². The Bertz CT molecular complexity index is 661. The van der Waals surface area contributed by atoms with Crippen molar-refractivity contribution in [3.05, 3.63) is 58.1 Å². The summed E-state index contributed by atoms with van der Waals surface area (Å²) < 4.78 is 0. The van der Waals surface area contributed by atoms with Crippen LogP contribution in [0.2, 0.25) is 0 Å². The molecule has 116 valence electrons. The molecule has 0 saturated carbocycles. The molecule has 0 saturated heterocycles. The molecule has 2 aromatic carbocycles. The number of amides is 1. The predicted molar refractivity (Wildman–Crippen MR) is 93.7 cm³/mol. The SMILES string of the molecule is Cc1cc(C)c(NCC(=O)Nc2c(C)cccc2C)c(C)c1. The second-order valence-electron chi connectivity index (χ2n) is 5.94. The van der Waals surface area contributed by atoms with Crippen LogP contribution in [0.5, 0.6) is 0 Å². The first-order valence-corrected chi connectivity index (χ1v) is 7.56. The third-order valence-corrected chi connectivity index (χ3v) is 3.85. The van der Waals surface area contributed by atoms with Gasteiger partial charge >= 0.3 is 0 Å². The van der Waals surface area contributed by atoms with Crippen LogP contribution in [0.4, 0.5) is 11.4 Å². The Morgan fingerprint density at radius 2 is 1.41 bits per heavy atom. The fraction of sp³-hybridized carbons (Fsp3) is 0.316. The van der Waals surface area contributed by atoms with Crippen molar-refractivity contribution in [3.63, 3.8) is 0 Å². The van der Waals surface area contributed by atoms with Crippen LogP contribution in [-0.2, 0) is 4.79 Å². The van der Waals surface area contributed by atoms with E-state index >= 15 is 0 Å². The van der Waals surface area contributed by atoms with Gasteiger partial charge in [-0.25, -0.2) is 0 Å². The van der Waals surface area contributed by atoms with Crippen LogP contribution < -0.4 is 10.6 Å². The molecule has 0 aromatic heterocycles. The molecule has 0 heterocycles. The number of nitrogens with one attached hydrogen (secondary N) is 2. The van der Waals surface area contributed by atoms with E-state index in [0.29, 0.717) is 0 Å². The van der Waals surface area contributed by atoms with E-state index in [1.54, 1.807) is 0 Å². The molecule has 0 unspecified atom stereocenters. The van der Waals surface area contributed by atoms with Gasteiger partial charge in [-0.2, -0.15) is 0 Å². The summed E-state index contributed by atoms with van der Waals surface area (Å²) in [7, 11) is 0. The van der Waals surface area contributed by atoms with Gasteiger partial charge in [-0.05, 0) is 56.9 Å². The van der Waals surface area contributed by atoms with Crippen molar-refractivity contribution >= 4 is 17.3 Å². The Morgan fingerprint density at radius 3 is 1.95 bits per heavy atom. The van der Waals surface area contributed by atoms with Crippen molar-refractivity contribution in [2.24, 2.45) is 0 Å². The molecule has 0 radical (unpaired) electrons. The van der Waals surface area contributed by atoms with Crippen LogP contribution in [-0.4, -0.2) is 12.5 Å². The van der Waals surface area contributed by atoms with Gasteiger partial charge < -0.3 is 10.6 Å². The van der Waals surface area contributed by atoms with E-state index in [9.17, 15) is 4.79 Å². The van der Waals surface area contributed by atoms with Crippen molar-refractivity contribution in [1.82, 2.24) is 0 Å². The average Bonchev–Trinajstić information content (AvgIpc) is 2.42. The molecule has 3 nitrogen and oxygen atoms in total. The van der Waals surface area contributed by atoms with Gasteiger partial charge in [0.25, 0.3) is 0 Å². The summed E-state index contributed by atoms with van der Waals surface area (Å²) in [4.78, 5) is 12.2. The summed E-state index contributed by atoms with van der Waals surface area (Å²) in [5.41, 5.74) is 7.68. The number of rotatable bonds is 4. The molecule has 0 spiro atoms. The first-order valence-electron chi connectivity index (χ1n) is 7.56. The van der Waals surface area contributed by atoms with Crippen LogP contribution in [0.1, 0.15) is 27.8 Å². The van der Waals surface area contributed by atoms with Crippen molar-refractivity contribution in [1.29, 1.82) is 0 Å². The number of carbonyl (C=O) groups excluding carboxylic acids is 1. The number of carbonyl (C=O) groups is 1. The second-order valence-corrected chi connectivity index (χ2v) is 5.94. The van der Waals surface area contributed by atoms with Crippen LogP contribution in [0.3, 0.4) is 0 Å². The molecule has 0 atom stereocenters. The van der Waals surface area contributed by atoms with Crippen LogP contribution in [0.15, 0.2) is 30.3 Å². The van der Waals surface area contributed by atoms with Gasteiger partial charge in [-0.3, -0.25) is 4.79 Å². The topological polar surface area (TPSA) is 41.1 Å². The minimum absolute atomic E-state index is 0.0308. The predicted octanol–water partition coefficient (Wildman–Crippen LogP) is 4.28. The summed E-state index contributed by atoms with van der Waals surface area (Å²) in [6.45, 7) is 10.5. The maximum atomic E-state index is 12.2. The monoisotopic (exact) mass is 296 g/mol. The summed E-state index contributed by atoms with van der Waals surface area (Å²) in [5.74, 6) is -0.0308. The van der Waals surface area contributed by atoms with Gasteiger partial charge in [0.1, 0.15) is 0 Å². The molecule has 2 rings (SSSR count). The van der Waals surface area contributed by atoms with E-state index in [1.807, 2.05) is 32.0 Å². The summed E-state index contributed by atoms with van der Waals surface area (Å²) in [5, 5.41) is 6.25. The van der Waals surface area contributed by atoms with Crippen molar-refractivity contribution in [2.45, 2.75) is 34.6 Å². The molecular formula is C19H24N2O. The third-order valence-electron chi connectivity index (χ3n) is 3.85. The maximum Gasteiger partial charge on any atom is 0.243 e.